The molecule has 1 rings (SSSR count). The molecule has 1 aliphatic rings. The molecule has 104 valence electrons. The third-order valence-corrected chi connectivity index (χ3v) is 7.08. The van der Waals surface area contributed by atoms with Gasteiger partial charge in [0.15, 0.2) is 0 Å². The van der Waals surface area contributed by atoms with Crippen LogP contribution in [-0.4, -0.2) is 69.3 Å². The van der Waals surface area contributed by atoms with Crippen molar-refractivity contribution in [1.29, 1.82) is 0 Å². The van der Waals surface area contributed by atoms with Crippen LogP contribution in [0.3, 0.4) is 0 Å². The van der Waals surface area contributed by atoms with E-state index in [2.05, 4.69) is 19.4 Å². The van der Waals surface area contributed by atoms with Gasteiger partial charge < -0.3 is 0 Å². The third-order valence-electron chi connectivity index (χ3n) is 2.50. The van der Waals surface area contributed by atoms with E-state index in [0.717, 1.165) is 0 Å². The fourth-order valence-corrected chi connectivity index (χ4v) is 5.68. The Morgan fingerprint density at radius 2 is 2.06 bits per heavy atom. The summed E-state index contributed by atoms with van der Waals surface area (Å²) in [6, 6.07) is -0.582. The Labute approximate surface area is 114 Å². The molecule has 0 aromatic carbocycles. The quantitative estimate of drug-likeness (QED) is 0.450. The molecule has 3 N–H and O–H groups in total. The molecule has 11 heteroatoms. The van der Waals surface area contributed by atoms with Gasteiger partial charge in [0.1, 0.15) is 0 Å². The van der Waals surface area contributed by atoms with E-state index >= 15 is 0 Å². The van der Waals surface area contributed by atoms with Crippen molar-refractivity contribution in [2.75, 3.05) is 13.3 Å². The molecular formula is C7H15BO7P2Se. The van der Waals surface area contributed by atoms with E-state index < -0.39 is 32.0 Å². The van der Waals surface area contributed by atoms with E-state index in [0.29, 0.717) is 0 Å². The van der Waals surface area contributed by atoms with Gasteiger partial charge >= 0.3 is 114 Å². The summed E-state index contributed by atoms with van der Waals surface area (Å²) >= 11 is 2.48. The molecule has 18 heavy (non-hydrogen) atoms. The standard InChI is InChI=1S/C7H15BO7P2Se/c1-4-6(9)5(14-7(4)8)3-13-16(2,18)15-17(10,11)12/h4-7,9H,3H2,1-2H3,(H2,10,11,12)/t4-,5-,6+,7-,16?/m1/s1. The van der Waals surface area contributed by atoms with E-state index in [1.807, 2.05) is 0 Å². The van der Waals surface area contributed by atoms with Crippen molar-refractivity contribution in [1.82, 2.24) is 0 Å². The summed E-state index contributed by atoms with van der Waals surface area (Å²) in [4.78, 5) is 17.4. The van der Waals surface area contributed by atoms with Crippen LogP contribution in [0.1, 0.15) is 6.92 Å². The average Bonchev–Trinajstić information content (AvgIpc) is 2.39. The molecule has 2 radical (unpaired) electrons. The van der Waals surface area contributed by atoms with E-state index in [4.69, 9.17) is 26.9 Å². The second kappa shape index (κ2) is 6.19. The zero-order valence-electron chi connectivity index (χ0n) is 9.87. The van der Waals surface area contributed by atoms with E-state index in [1.165, 1.54) is 6.66 Å². The minimum absolute atomic E-state index is 0.0590. The second-order valence-corrected chi connectivity index (χ2v) is 11.7. The number of hydrogen-bond acceptors (Lipinski definition) is 5. The third kappa shape index (κ3) is 5.18. The Balaban J connectivity index is 2.51. The van der Waals surface area contributed by atoms with Gasteiger partial charge in [-0.3, -0.25) is 0 Å². The van der Waals surface area contributed by atoms with Crippen LogP contribution in [0.5, 0.6) is 0 Å². The number of phosphoric acid groups is 1. The van der Waals surface area contributed by atoms with Crippen LogP contribution in [0.25, 0.3) is 0 Å². The zero-order valence-corrected chi connectivity index (χ0v) is 13.4. The summed E-state index contributed by atoms with van der Waals surface area (Å²) in [5.41, 5.74) is 0. The van der Waals surface area contributed by atoms with Gasteiger partial charge in [0, 0.05) is 0 Å². The molecule has 0 spiro atoms. The summed E-state index contributed by atoms with van der Waals surface area (Å²) in [7, 11) is 0.985. The van der Waals surface area contributed by atoms with Gasteiger partial charge in [0.2, 0.25) is 0 Å². The van der Waals surface area contributed by atoms with Crippen molar-refractivity contribution >= 4 is 36.7 Å². The Hall–Kier alpha value is 1.00. The van der Waals surface area contributed by atoms with Crippen LogP contribution >= 0.6 is 13.8 Å². The molecule has 0 aromatic heterocycles. The summed E-state index contributed by atoms with van der Waals surface area (Å²) in [6.07, 6.45) is -1.42. The minimum atomic E-state index is -4.62. The van der Waals surface area contributed by atoms with Crippen LogP contribution in [0.4, 0.5) is 0 Å². The van der Waals surface area contributed by atoms with E-state index in [1.54, 1.807) is 6.92 Å². The topological polar surface area (TPSA) is 105 Å². The molecule has 0 aromatic rings. The monoisotopic (exact) mass is 364 g/mol. The first-order valence-electron chi connectivity index (χ1n) is 5.10. The maximum absolute atomic E-state index is 10.7. The fraction of sp³-hybridized carbons (Fsp3) is 1.00. The van der Waals surface area contributed by atoms with Gasteiger partial charge in [0.05, 0.1) is 0 Å². The molecular weight excluding hydrogens is 348 g/mol. The molecule has 1 aliphatic heterocycles. The van der Waals surface area contributed by atoms with Crippen molar-refractivity contribution < 1.29 is 33.0 Å². The Kier molecular flexibility index (Phi) is 5.86. The van der Waals surface area contributed by atoms with E-state index in [9.17, 15) is 9.67 Å². The fourth-order valence-electron chi connectivity index (χ4n) is 1.50. The molecule has 0 saturated carbocycles. The number of hydrogen-bond donors (Lipinski definition) is 3. The second-order valence-electron chi connectivity index (χ2n) is 4.13. The molecule has 7 nitrogen and oxygen atoms in total. The van der Waals surface area contributed by atoms with Crippen LogP contribution in [-0.2, 0) is 18.1 Å². The van der Waals surface area contributed by atoms with Crippen molar-refractivity contribution in [3.8, 4) is 0 Å². The van der Waals surface area contributed by atoms with Gasteiger partial charge in [-0.1, -0.05) is 0 Å². The Morgan fingerprint density at radius 1 is 1.50 bits per heavy atom. The van der Waals surface area contributed by atoms with Crippen molar-refractivity contribution in [3.05, 3.63) is 0 Å². The molecule has 1 heterocycles. The van der Waals surface area contributed by atoms with Gasteiger partial charge in [-0.25, -0.2) is 0 Å². The number of aliphatic hydroxyl groups is 1. The predicted molar refractivity (Wildman–Crippen MR) is 67.3 cm³/mol. The summed E-state index contributed by atoms with van der Waals surface area (Å²) in [5, 5.41) is 9.78. The molecule has 0 amide bonds. The van der Waals surface area contributed by atoms with Gasteiger partial charge in [-0.05, 0) is 0 Å². The van der Waals surface area contributed by atoms with Crippen LogP contribution in [0.15, 0.2) is 0 Å². The van der Waals surface area contributed by atoms with Gasteiger partial charge in [-0.2, -0.15) is 0 Å². The molecule has 1 fully saturated rings. The van der Waals surface area contributed by atoms with Crippen molar-refractivity contribution in [3.63, 3.8) is 0 Å². The SMILES string of the molecule is [B][C@@H]1O[C@H](COP(C)(=[Se])OP(=O)(O)O)[C@@H](O)[C@H]1C. The summed E-state index contributed by atoms with van der Waals surface area (Å²) in [5.74, 6) is -3.03. The normalized spacial score (nSPS) is 36.5. The molecule has 0 bridgehead atoms. The Morgan fingerprint density at radius 3 is 2.44 bits per heavy atom. The van der Waals surface area contributed by atoms with Crippen LogP contribution in [0.2, 0.25) is 0 Å². The predicted octanol–water partition coefficient (Wildman–Crippen LogP) is -0.436. The average molecular weight is 363 g/mol. The van der Waals surface area contributed by atoms with Crippen molar-refractivity contribution in [2.45, 2.75) is 25.1 Å². The van der Waals surface area contributed by atoms with E-state index in [-0.39, 0.29) is 12.5 Å². The number of rotatable bonds is 5. The first-order chi connectivity index (χ1) is 8.02. The Bertz CT molecular complexity index is 388. The first kappa shape index (κ1) is 17.1. The summed E-state index contributed by atoms with van der Waals surface area (Å²) < 4.78 is 25.7. The van der Waals surface area contributed by atoms with Gasteiger partial charge in [-0.15, -0.1) is 0 Å². The van der Waals surface area contributed by atoms with Gasteiger partial charge in [0.25, 0.3) is 0 Å². The zero-order chi connectivity index (χ0) is 14.1. The van der Waals surface area contributed by atoms with Crippen LogP contribution in [0, 0.1) is 5.92 Å². The maximum atomic E-state index is 10.7. The number of ether oxygens (including phenoxy) is 1. The molecule has 1 unspecified atom stereocenters. The first-order valence-corrected chi connectivity index (χ1v) is 10.9. The number of aliphatic hydroxyl groups excluding tert-OH is 1. The molecule has 1 saturated heterocycles. The molecule has 0 aliphatic carbocycles. The van der Waals surface area contributed by atoms with Crippen LogP contribution < -0.4 is 0 Å². The molecule has 5 atom stereocenters. The van der Waals surface area contributed by atoms with Crippen molar-refractivity contribution in [2.24, 2.45) is 5.92 Å². The summed E-state index contributed by atoms with van der Waals surface area (Å²) in [6.45, 7) is 3.10.